The van der Waals surface area contributed by atoms with Crippen molar-refractivity contribution in [3.63, 3.8) is 0 Å². The summed E-state index contributed by atoms with van der Waals surface area (Å²) in [6.45, 7) is 2.29. The number of carbonyl (C=O) groups is 1. The average Bonchev–Trinajstić information content (AvgIpc) is 2.75. The molecule has 2 N–H and O–H groups in total. The summed E-state index contributed by atoms with van der Waals surface area (Å²) in [4.78, 5) is 12.2. The van der Waals surface area contributed by atoms with Gasteiger partial charge < -0.3 is 19.9 Å². The molecule has 1 aliphatic heterocycles. The zero-order chi connectivity index (χ0) is 22.4. The van der Waals surface area contributed by atoms with Crippen molar-refractivity contribution in [3.8, 4) is 5.75 Å². The molecule has 0 aromatic heterocycles. The molecule has 0 aliphatic carbocycles. The number of hydrogen-bond acceptors (Lipinski definition) is 5. The molecule has 1 saturated heterocycles. The zero-order valence-electron chi connectivity index (χ0n) is 17.6. The summed E-state index contributed by atoms with van der Waals surface area (Å²) in [5.41, 5.74) is 7.77. The van der Waals surface area contributed by atoms with Gasteiger partial charge in [-0.3, -0.25) is 4.79 Å². The van der Waals surface area contributed by atoms with Crippen LogP contribution < -0.4 is 10.5 Å². The Morgan fingerprint density at radius 1 is 1.00 bits per heavy atom. The number of alkyl halides is 3. The molecule has 32 heavy (non-hydrogen) atoms. The highest BCUT2D eigenvalue weighted by atomic mass is 35.5. The van der Waals surface area contributed by atoms with Crippen LogP contribution in [0.3, 0.4) is 0 Å². The molecule has 2 aromatic rings. The summed E-state index contributed by atoms with van der Waals surface area (Å²) < 4.78 is 52.6. The standard InChI is InChI=1S/C23H26F3NO4.ClH/c1-15-20(12-17-7-9-19(10-8-17)31-23(24,25)26)18(11-16-5-3-2-4-6-16)13-29-14-21(27)22(28)30-15;/h2-10,15,18,20-21H,11-14,27H2,1H3;1H/t15-,18-,20-,21-;/m0./s1. The largest absolute Gasteiger partial charge is 0.573 e. The first kappa shape index (κ1) is 26.0. The van der Waals surface area contributed by atoms with E-state index in [0.717, 1.165) is 11.1 Å². The number of carbonyl (C=O) groups excluding carboxylic acids is 1. The predicted molar refractivity (Wildman–Crippen MR) is 116 cm³/mol. The number of hydrogen-bond donors (Lipinski definition) is 1. The van der Waals surface area contributed by atoms with Gasteiger partial charge in [0, 0.05) is 5.92 Å². The zero-order valence-corrected chi connectivity index (χ0v) is 18.4. The van der Waals surface area contributed by atoms with E-state index in [2.05, 4.69) is 4.74 Å². The van der Waals surface area contributed by atoms with Crippen molar-refractivity contribution in [2.24, 2.45) is 17.6 Å². The van der Waals surface area contributed by atoms with Crippen LogP contribution in [0.5, 0.6) is 5.75 Å². The summed E-state index contributed by atoms with van der Waals surface area (Å²) in [7, 11) is 0. The van der Waals surface area contributed by atoms with Crippen molar-refractivity contribution < 1.29 is 32.2 Å². The molecule has 0 unspecified atom stereocenters. The highest BCUT2D eigenvalue weighted by molar-refractivity contribution is 5.85. The molecule has 1 aliphatic rings. The van der Waals surface area contributed by atoms with E-state index in [1.807, 2.05) is 37.3 Å². The second-order valence-electron chi connectivity index (χ2n) is 7.80. The molecule has 9 heteroatoms. The molecule has 0 saturated carbocycles. The number of rotatable bonds is 5. The highest BCUT2D eigenvalue weighted by Gasteiger charge is 2.34. The van der Waals surface area contributed by atoms with Crippen molar-refractivity contribution in [2.45, 2.75) is 38.3 Å². The Bertz CT molecular complexity index is 849. The molecule has 1 fully saturated rings. The monoisotopic (exact) mass is 473 g/mol. The molecule has 0 amide bonds. The third-order valence-corrected chi connectivity index (χ3v) is 5.41. The van der Waals surface area contributed by atoms with Crippen LogP contribution >= 0.6 is 12.4 Å². The third-order valence-electron chi connectivity index (χ3n) is 5.41. The minimum absolute atomic E-state index is 0. The van der Waals surface area contributed by atoms with E-state index in [1.165, 1.54) is 12.1 Å². The van der Waals surface area contributed by atoms with Crippen molar-refractivity contribution >= 4 is 18.4 Å². The van der Waals surface area contributed by atoms with E-state index in [9.17, 15) is 18.0 Å². The Hall–Kier alpha value is -2.29. The number of ether oxygens (including phenoxy) is 3. The lowest BCUT2D eigenvalue weighted by Gasteiger charge is -2.31. The fourth-order valence-corrected chi connectivity index (χ4v) is 3.84. The van der Waals surface area contributed by atoms with Gasteiger partial charge in [-0.25, -0.2) is 0 Å². The van der Waals surface area contributed by atoms with Gasteiger partial charge >= 0.3 is 12.3 Å². The van der Waals surface area contributed by atoms with Crippen molar-refractivity contribution in [1.82, 2.24) is 0 Å². The van der Waals surface area contributed by atoms with Gasteiger partial charge in [-0.05, 0) is 48.9 Å². The Balaban J connectivity index is 0.00000363. The van der Waals surface area contributed by atoms with Crippen LogP contribution in [0.1, 0.15) is 18.1 Å². The Morgan fingerprint density at radius 3 is 2.25 bits per heavy atom. The number of nitrogens with two attached hydrogens (primary N) is 1. The van der Waals surface area contributed by atoms with E-state index in [4.69, 9.17) is 15.2 Å². The lowest BCUT2D eigenvalue weighted by Crippen LogP contribution is -2.39. The topological polar surface area (TPSA) is 70.8 Å². The number of cyclic esters (lactones) is 1. The van der Waals surface area contributed by atoms with Crippen LogP contribution in [0.4, 0.5) is 13.2 Å². The number of esters is 1. The van der Waals surface area contributed by atoms with Gasteiger partial charge in [0.15, 0.2) is 0 Å². The molecule has 0 bridgehead atoms. The summed E-state index contributed by atoms with van der Waals surface area (Å²) in [6, 6.07) is 14.8. The van der Waals surface area contributed by atoms with Crippen LogP contribution in [0, 0.1) is 11.8 Å². The molecule has 176 valence electrons. The fraction of sp³-hybridized carbons (Fsp3) is 0.435. The first-order chi connectivity index (χ1) is 14.7. The molecular weight excluding hydrogens is 447 g/mol. The van der Waals surface area contributed by atoms with Crippen molar-refractivity contribution in [1.29, 1.82) is 0 Å². The molecule has 1 heterocycles. The number of halogens is 4. The second kappa shape index (κ2) is 11.5. The van der Waals surface area contributed by atoms with Crippen LogP contribution in [-0.4, -0.2) is 37.7 Å². The molecule has 4 atom stereocenters. The minimum Gasteiger partial charge on any atom is -0.461 e. The van der Waals surface area contributed by atoms with E-state index in [0.29, 0.717) is 19.4 Å². The van der Waals surface area contributed by atoms with Gasteiger partial charge in [0.05, 0.1) is 13.2 Å². The van der Waals surface area contributed by atoms with Gasteiger partial charge in [-0.15, -0.1) is 25.6 Å². The SMILES string of the molecule is C[C@@H]1OC(=O)[C@@H](N)COC[C@H](Cc2ccccc2)[C@H]1Cc1ccc(OC(F)(F)F)cc1.Cl. The third kappa shape index (κ3) is 7.69. The second-order valence-corrected chi connectivity index (χ2v) is 7.80. The Kier molecular flexibility index (Phi) is 9.36. The minimum atomic E-state index is -4.74. The van der Waals surface area contributed by atoms with Gasteiger partial charge in [0.2, 0.25) is 0 Å². The smallest absolute Gasteiger partial charge is 0.461 e. The number of benzene rings is 2. The molecule has 0 spiro atoms. The van der Waals surface area contributed by atoms with Gasteiger partial charge in [-0.2, -0.15) is 0 Å². The predicted octanol–water partition coefficient (Wildman–Crippen LogP) is 4.31. The summed E-state index contributed by atoms with van der Waals surface area (Å²) in [6.07, 6.45) is -3.98. The maximum atomic E-state index is 12.4. The first-order valence-electron chi connectivity index (χ1n) is 10.1. The van der Waals surface area contributed by atoms with Crippen LogP contribution in [0.25, 0.3) is 0 Å². The molecule has 2 aromatic carbocycles. The quantitative estimate of drug-likeness (QED) is 0.655. The van der Waals surface area contributed by atoms with Crippen LogP contribution in [0.2, 0.25) is 0 Å². The van der Waals surface area contributed by atoms with Gasteiger partial charge in [0.25, 0.3) is 0 Å². The average molecular weight is 474 g/mol. The Morgan fingerprint density at radius 2 is 1.62 bits per heavy atom. The van der Waals surface area contributed by atoms with Crippen molar-refractivity contribution in [2.75, 3.05) is 13.2 Å². The lowest BCUT2D eigenvalue weighted by atomic mass is 9.80. The van der Waals surface area contributed by atoms with Crippen LogP contribution in [-0.2, 0) is 27.1 Å². The first-order valence-corrected chi connectivity index (χ1v) is 10.1. The van der Waals surface area contributed by atoms with Crippen LogP contribution in [0.15, 0.2) is 54.6 Å². The van der Waals surface area contributed by atoms with E-state index < -0.39 is 24.5 Å². The van der Waals surface area contributed by atoms with Gasteiger partial charge in [-0.1, -0.05) is 42.5 Å². The summed E-state index contributed by atoms with van der Waals surface area (Å²) >= 11 is 0. The van der Waals surface area contributed by atoms with E-state index in [1.54, 1.807) is 12.1 Å². The molecule has 3 rings (SSSR count). The Labute approximate surface area is 191 Å². The maximum Gasteiger partial charge on any atom is 0.573 e. The summed E-state index contributed by atoms with van der Waals surface area (Å²) in [5, 5.41) is 0. The van der Waals surface area contributed by atoms with E-state index >= 15 is 0 Å². The highest BCUT2D eigenvalue weighted by Crippen LogP contribution is 2.30. The fourth-order valence-electron chi connectivity index (χ4n) is 3.84. The molecule has 5 nitrogen and oxygen atoms in total. The molecule has 0 radical (unpaired) electrons. The summed E-state index contributed by atoms with van der Waals surface area (Å²) in [5.74, 6) is -0.905. The van der Waals surface area contributed by atoms with Crippen molar-refractivity contribution in [3.05, 3.63) is 65.7 Å². The van der Waals surface area contributed by atoms with E-state index in [-0.39, 0.29) is 36.6 Å². The maximum absolute atomic E-state index is 12.4. The lowest BCUT2D eigenvalue weighted by molar-refractivity contribution is -0.274. The van der Waals surface area contributed by atoms with Gasteiger partial charge in [0.1, 0.15) is 17.9 Å². The molecular formula is C23H27ClF3NO4. The normalized spacial score (nSPS) is 24.3.